The Labute approximate surface area is 265 Å². The summed E-state index contributed by atoms with van der Waals surface area (Å²) in [7, 11) is 0. The minimum absolute atomic E-state index is 0.0849. The number of aliphatic hydroxyl groups excluding tert-OH is 2. The van der Waals surface area contributed by atoms with Crippen LogP contribution in [0.15, 0.2) is 0 Å². The molecule has 0 saturated heterocycles. The molecule has 2 nitrogen and oxygen atoms in total. The molecule has 0 amide bonds. The third-order valence-electron chi connectivity index (χ3n) is 12.6. The number of aliphatic hydroxyl groups is 2. The summed E-state index contributed by atoms with van der Waals surface area (Å²) in [6.45, 7) is 24.2. The molecular formula is C40H78O2. The number of hydrogen-bond acceptors (Lipinski definition) is 2. The van der Waals surface area contributed by atoms with Crippen molar-refractivity contribution in [3.63, 3.8) is 0 Å². The second-order valence-corrected chi connectivity index (χ2v) is 18.1. The van der Waals surface area contributed by atoms with E-state index in [0.29, 0.717) is 22.7 Å². The highest BCUT2D eigenvalue weighted by Crippen LogP contribution is 2.48. The van der Waals surface area contributed by atoms with Gasteiger partial charge in [0.05, 0.1) is 12.2 Å². The Bertz CT molecular complexity index is 652. The highest BCUT2D eigenvalue weighted by Gasteiger charge is 2.41. The lowest BCUT2D eigenvalue weighted by molar-refractivity contribution is -0.0178. The minimum Gasteiger partial charge on any atom is -0.393 e. The van der Waals surface area contributed by atoms with E-state index in [0.717, 1.165) is 61.2 Å². The van der Waals surface area contributed by atoms with Gasteiger partial charge < -0.3 is 10.2 Å². The molecule has 2 fully saturated rings. The summed E-state index contributed by atoms with van der Waals surface area (Å²) in [6, 6.07) is 0. The molecule has 0 aromatic heterocycles. The maximum absolute atomic E-state index is 10.2. The van der Waals surface area contributed by atoms with Crippen molar-refractivity contribution in [2.45, 2.75) is 197 Å². The summed E-state index contributed by atoms with van der Waals surface area (Å²) in [5.74, 6) is 6.30. The van der Waals surface area contributed by atoms with Crippen molar-refractivity contribution in [2.24, 2.45) is 58.2 Å². The molecule has 10 atom stereocenters. The normalized spacial score (nSPS) is 32.3. The van der Waals surface area contributed by atoms with E-state index in [-0.39, 0.29) is 12.2 Å². The van der Waals surface area contributed by atoms with E-state index in [1.54, 1.807) is 0 Å². The molecule has 2 heteroatoms. The van der Waals surface area contributed by atoms with Gasteiger partial charge >= 0.3 is 0 Å². The molecule has 0 aliphatic heterocycles. The number of unbranched alkanes of at least 4 members (excludes halogenated alkanes) is 1. The van der Waals surface area contributed by atoms with Crippen molar-refractivity contribution >= 4 is 0 Å². The van der Waals surface area contributed by atoms with E-state index in [2.05, 4.69) is 69.2 Å². The standard InChI is InChI=1S/C40H78O2/c1-29(17-13-19-31(3)21-23-37-33(5)25-35(41)27-39(37,7)8)15-11-12-16-30(2)18-14-20-32(4)22-24-38-34(6)26-36(42)28-40(38,9)10/h29-38,41-42H,11-28H2,1-10H3/t29-,30-,31-,32-,33+,34+,35-,36-,37-,38-/m0/s1. The van der Waals surface area contributed by atoms with Crippen molar-refractivity contribution in [1.82, 2.24) is 0 Å². The Morgan fingerprint density at radius 3 is 1.10 bits per heavy atom. The van der Waals surface area contributed by atoms with Gasteiger partial charge in [0.1, 0.15) is 0 Å². The van der Waals surface area contributed by atoms with Gasteiger partial charge in [-0.2, -0.15) is 0 Å². The zero-order valence-corrected chi connectivity index (χ0v) is 30.4. The van der Waals surface area contributed by atoms with Crippen LogP contribution >= 0.6 is 0 Å². The molecule has 0 aromatic rings. The Morgan fingerprint density at radius 2 is 0.786 bits per heavy atom. The Hall–Kier alpha value is -0.0800. The molecule has 0 bridgehead atoms. The topological polar surface area (TPSA) is 40.5 Å². The van der Waals surface area contributed by atoms with Crippen LogP contribution in [0.3, 0.4) is 0 Å². The van der Waals surface area contributed by atoms with Gasteiger partial charge in [0.25, 0.3) is 0 Å². The van der Waals surface area contributed by atoms with Crippen LogP contribution in [0.4, 0.5) is 0 Å². The predicted octanol–water partition coefficient (Wildman–Crippen LogP) is 11.9. The van der Waals surface area contributed by atoms with E-state index in [1.807, 2.05) is 0 Å². The quantitative estimate of drug-likeness (QED) is 0.147. The number of rotatable bonds is 19. The fourth-order valence-electron chi connectivity index (χ4n) is 9.88. The van der Waals surface area contributed by atoms with Crippen LogP contribution in [-0.2, 0) is 0 Å². The molecular weight excluding hydrogens is 512 g/mol. The van der Waals surface area contributed by atoms with E-state index < -0.39 is 0 Å². The molecule has 0 radical (unpaired) electrons. The van der Waals surface area contributed by atoms with Crippen molar-refractivity contribution in [1.29, 1.82) is 0 Å². The summed E-state index contributed by atoms with van der Waals surface area (Å²) in [6.07, 6.45) is 23.3. The van der Waals surface area contributed by atoms with Gasteiger partial charge in [-0.1, -0.05) is 146 Å². The average molecular weight is 591 g/mol. The maximum atomic E-state index is 10.2. The first-order chi connectivity index (χ1) is 19.6. The predicted molar refractivity (Wildman–Crippen MR) is 185 cm³/mol. The molecule has 42 heavy (non-hydrogen) atoms. The van der Waals surface area contributed by atoms with Crippen molar-refractivity contribution in [2.75, 3.05) is 0 Å². The van der Waals surface area contributed by atoms with E-state index in [1.165, 1.54) is 89.9 Å². The first kappa shape index (κ1) is 38.1. The fourth-order valence-corrected chi connectivity index (χ4v) is 9.88. The molecule has 2 rings (SSSR count). The monoisotopic (exact) mass is 591 g/mol. The van der Waals surface area contributed by atoms with E-state index in [9.17, 15) is 10.2 Å². The van der Waals surface area contributed by atoms with E-state index in [4.69, 9.17) is 0 Å². The molecule has 2 aliphatic carbocycles. The SMILES string of the molecule is C[C@@H](CCCC[C@H](C)CCC[C@H](C)CC[C@H]1[C@H](C)C[C@H](O)CC1(C)C)CCC[C@H](C)CC[C@H]1[C@H](C)C[C@H](O)CC1(C)C. The summed E-state index contributed by atoms with van der Waals surface area (Å²) in [4.78, 5) is 0. The first-order valence-electron chi connectivity index (χ1n) is 19.0. The van der Waals surface area contributed by atoms with Crippen molar-refractivity contribution in [3.05, 3.63) is 0 Å². The lowest BCUT2D eigenvalue weighted by Crippen LogP contribution is -2.40. The van der Waals surface area contributed by atoms with Gasteiger partial charge in [0, 0.05) is 0 Å². The van der Waals surface area contributed by atoms with Crippen LogP contribution in [0.1, 0.15) is 185 Å². The largest absolute Gasteiger partial charge is 0.393 e. The molecule has 250 valence electrons. The second-order valence-electron chi connectivity index (χ2n) is 18.1. The molecule has 0 heterocycles. The molecule has 2 saturated carbocycles. The lowest BCUT2D eigenvalue weighted by Gasteiger charge is -2.45. The zero-order chi connectivity index (χ0) is 31.5. The van der Waals surface area contributed by atoms with Crippen molar-refractivity contribution < 1.29 is 10.2 Å². The van der Waals surface area contributed by atoms with Gasteiger partial charge in [-0.05, 0) is 96.7 Å². The molecule has 0 unspecified atom stereocenters. The first-order valence-corrected chi connectivity index (χ1v) is 19.0. The zero-order valence-electron chi connectivity index (χ0n) is 30.4. The van der Waals surface area contributed by atoms with Crippen LogP contribution in [0.25, 0.3) is 0 Å². The highest BCUT2D eigenvalue weighted by molar-refractivity contribution is 4.91. The lowest BCUT2D eigenvalue weighted by atomic mass is 9.61. The maximum Gasteiger partial charge on any atom is 0.0548 e. The summed E-state index contributed by atoms with van der Waals surface area (Å²) in [5.41, 5.74) is 0.581. The smallest absolute Gasteiger partial charge is 0.0548 e. The van der Waals surface area contributed by atoms with E-state index >= 15 is 0 Å². The fraction of sp³-hybridized carbons (Fsp3) is 1.00. The highest BCUT2D eigenvalue weighted by atomic mass is 16.3. The molecule has 2 aliphatic rings. The Morgan fingerprint density at radius 1 is 0.500 bits per heavy atom. The van der Waals surface area contributed by atoms with Crippen LogP contribution in [0.5, 0.6) is 0 Å². The van der Waals surface area contributed by atoms with Crippen molar-refractivity contribution in [3.8, 4) is 0 Å². The third-order valence-corrected chi connectivity index (χ3v) is 12.6. The third kappa shape index (κ3) is 13.5. The van der Waals surface area contributed by atoms with Crippen LogP contribution in [0, 0.1) is 58.2 Å². The van der Waals surface area contributed by atoms with Crippen LogP contribution < -0.4 is 0 Å². The van der Waals surface area contributed by atoms with Gasteiger partial charge in [-0.3, -0.25) is 0 Å². The Balaban J connectivity index is 1.48. The summed E-state index contributed by atoms with van der Waals surface area (Å²) < 4.78 is 0. The van der Waals surface area contributed by atoms with Gasteiger partial charge in [-0.25, -0.2) is 0 Å². The second kappa shape index (κ2) is 18.2. The average Bonchev–Trinajstić information content (AvgIpc) is 2.84. The van der Waals surface area contributed by atoms with Crippen LogP contribution in [-0.4, -0.2) is 22.4 Å². The van der Waals surface area contributed by atoms with Gasteiger partial charge in [-0.15, -0.1) is 0 Å². The Kier molecular flexibility index (Phi) is 16.5. The van der Waals surface area contributed by atoms with Crippen LogP contribution in [0.2, 0.25) is 0 Å². The number of hydrogen-bond donors (Lipinski definition) is 2. The summed E-state index contributed by atoms with van der Waals surface area (Å²) in [5, 5.41) is 20.4. The van der Waals surface area contributed by atoms with Gasteiger partial charge in [0.2, 0.25) is 0 Å². The summed E-state index contributed by atoms with van der Waals surface area (Å²) >= 11 is 0. The molecule has 2 N–H and O–H groups in total. The molecule has 0 aromatic carbocycles. The van der Waals surface area contributed by atoms with Gasteiger partial charge in [0.15, 0.2) is 0 Å². The minimum atomic E-state index is -0.0849. The molecule has 0 spiro atoms.